The highest BCUT2D eigenvalue weighted by atomic mass is 32.2. The van der Waals surface area contributed by atoms with Crippen molar-refractivity contribution in [2.45, 2.75) is 23.9 Å². The quantitative estimate of drug-likeness (QED) is 0.158. The third-order valence-electron chi connectivity index (χ3n) is 7.80. The van der Waals surface area contributed by atoms with Gasteiger partial charge in [-0.15, -0.1) is 0 Å². The molecule has 0 bridgehead atoms. The number of hydrogen-bond acceptors (Lipinski definition) is 5. The van der Waals surface area contributed by atoms with E-state index < -0.39 is 73.4 Å². The zero-order valence-electron chi connectivity index (χ0n) is 22.2. The van der Waals surface area contributed by atoms with Crippen LogP contribution < -0.4 is 0 Å². The van der Waals surface area contributed by atoms with Crippen LogP contribution in [-0.2, 0) is 22.6 Å². The predicted octanol–water partition coefficient (Wildman–Crippen LogP) is 5.75. The molecule has 3 heterocycles. The number of piperidine rings is 1. The maximum absolute atomic E-state index is 14.2. The first-order valence-corrected chi connectivity index (χ1v) is 14.4. The van der Waals surface area contributed by atoms with Gasteiger partial charge >= 0.3 is 6.18 Å². The minimum absolute atomic E-state index is 0.107. The molecule has 2 aromatic carbocycles. The van der Waals surface area contributed by atoms with E-state index in [1.54, 1.807) is 6.08 Å². The molecule has 1 unspecified atom stereocenters. The van der Waals surface area contributed by atoms with Gasteiger partial charge in [0.25, 0.3) is 0 Å². The van der Waals surface area contributed by atoms with Crippen LogP contribution >= 0.6 is 0 Å². The Balaban J connectivity index is 1.47. The number of pyridine rings is 1. The fourth-order valence-corrected chi connectivity index (χ4v) is 7.14. The van der Waals surface area contributed by atoms with Gasteiger partial charge in [0, 0.05) is 19.3 Å². The largest absolute Gasteiger partial charge is 0.416 e. The number of nitrogens with zero attached hydrogens (tertiary/aromatic N) is 4. The van der Waals surface area contributed by atoms with E-state index in [4.69, 9.17) is 0 Å². The third kappa shape index (κ3) is 4.89. The molecule has 1 fully saturated rings. The lowest BCUT2D eigenvalue weighted by molar-refractivity contribution is -0.137. The Morgan fingerprint density at radius 1 is 0.955 bits per heavy atom. The van der Waals surface area contributed by atoms with Crippen LogP contribution in [0, 0.1) is 28.7 Å². The van der Waals surface area contributed by atoms with Crippen LogP contribution in [0.4, 0.5) is 30.7 Å². The van der Waals surface area contributed by atoms with Crippen LogP contribution in [0.5, 0.6) is 0 Å². The van der Waals surface area contributed by atoms with Crippen molar-refractivity contribution < 1.29 is 43.9 Å². The summed E-state index contributed by atoms with van der Waals surface area (Å²) in [6.07, 6.45) is -1.32. The fraction of sp³-hybridized carbons (Fsp3) is 0.207. The first kappa shape index (κ1) is 29.7. The van der Waals surface area contributed by atoms with E-state index in [0.717, 1.165) is 10.5 Å². The number of alkyl halides is 3. The van der Waals surface area contributed by atoms with E-state index in [1.807, 2.05) is 0 Å². The van der Waals surface area contributed by atoms with Crippen molar-refractivity contribution in [2.24, 2.45) is 5.41 Å². The van der Waals surface area contributed by atoms with Crippen molar-refractivity contribution in [3.63, 3.8) is 0 Å². The molecule has 44 heavy (non-hydrogen) atoms. The van der Waals surface area contributed by atoms with Gasteiger partial charge in [-0.25, -0.2) is 30.7 Å². The molecule has 1 saturated heterocycles. The normalized spacial score (nSPS) is 18.8. The molecule has 1 aliphatic heterocycles. The molecule has 6 rings (SSSR count). The summed E-state index contributed by atoms with van der Waals surface area (Å²) in [5.41, 5.74) is -1.75. The van der Waals surface area contributed by atoms with Gasteiger partial charge in [0.05, 0.1) is 33.5 Å². The molecule has 1 aliphatic carbocycles. The molecule has 0 radical (unpaired) electrons. The molecular formula is C29H19F7N4O3S. The van der Waals surface area contributed by atoms with Gasteiger partial charge in [-0.3, -0.25) is 9.78 Å². The highest BCUT2D eigenvalue weighted by molar-refractivity contribution is 7.89. The van der Waals surface area contributed by atoms with Gasteiger partial charge in [-0.2, -0.15) is 22.6 Å². The molecule has 2 aromatic heterocycles. The van der Waals surface area contributed by atoms with Gasteiger partial charge in [0.15, 0.2) is 23.2 Å². The molecule has 0 N–H and O–H groups in total. The van der Waals surface area contributed by atoms with Crippen LogP contribution in [0.25, 0.3) is 11.8 Å². The van der Waals surface area contributed by atoms with Crippen LogP contribution in [0.1, 0.15) is 33.7 Å². The number of carbonyl (C=O) groups is 1. The van der Waals surface area contributed by atoms with Crippen LogP contribution in [0.15, 0.2) is 71.4 Å². The van der Waals surface area contributed by atoms with E-state index in [9.17, 15) is 43.9 Å². The molecule has 7 nitrogen and oxygen atoms in total. The summed E-state index contributed by atoms with van der Waals surface area (Å²) in [5.74, 6) is -6.74. The highest BCUT2D eigenvalue weighted by Crippen LogP contribution is 2.47. The van der Waals surface area contributed by atoms with Gasteiger partial charge < -0.3 is 0 Å². The van der Waals surface area contributed by atoms with Gasteiger partial charge in [0.1, 0.15) is 11.5 Å². The predicted molar refractivity (Wildman–Crippen MR) is 141 cm³/mol. The maximum Gasteiger partial charge on any atom is 0.416 e. The molecule has 1 atom stereocenters. The lowest BCUT2D eigenvalue weighted by Gasteiger charge is -2.44. The highest BCUT2D eigenvalue weighted by Gasteiger charge is 2.51. The molecule has 0 saturated carbocycles. The number of Topliss-reactive ketones (excluding diaryl/α,β-unsaturated/α-hetero) is 1. The van der Waals surface area contributed by atoms with Crippen molar-refractivity contribution in [2.75, 3.05) is 13.1 Å². The first-order valence-electron chi connectivity index (χ1n) is 13.0. The number of benzene rings is 2. The Morgan fingerprint density at radius 2 is 1.64 bits per heavy atom. The second-order valence-corrected chi connectivity index (χ2v) is 12.4. The van der Waals surface area contributed by atoms with Crippen molar-refractivity contribution in [3.8, 4) is 5.69 Å². The van der Waals surface area contributed by atoms with E-state index in [0.29, 0.717) is 46.8 Å². The number of fused-ring (bicyclic) bond motifs is 2. The molecule has 2 aliphatic rings. The number of carbonyl (C=O) groups excluding carboxylic acids is 1. The van der Waals surface area contributed by atoms with Gasteiger partial charge in [-0.1, -0.05) is 5.57 Å². The maximum atomic E-state index is 14.2. The van der Waals surface area contributed by atoms with Gasteiger partial charge in [0.2, 0.25) is 10.0 Å². The summed E-state index contributed by atoms with van der Waals surface area (Å²) in [6.45, 7) is -0.903. The van der Waals surface area contributed by atoms with Crippen molar-refractivity contribution >= 4 is 21.9 Å². The zero-order chi connectivity index (χ0) is 31.6. The number of aromatic nitrogens is 3. The molecular weight excluding hydrogens is 617 g/mol. The minimum Gasteiger partial charge on any atom is -0.291 e. The second kappa shape index (κ2) is 10.4. The Bertz CT molecular complexity index is 1930. The third-order valence-corrected chi connectivity index (χ3v) is 9.62. The van der Waals surface area contributed by atoms with Crippen molar-refractivity contribution in [3.05, 3.63) is 112 Å². The van der Waals surface area contributed by atoms with Crippen LogP contribution in [-0.4, -0.2) is 46.4 Å². The summed E-state index contributed by atoms with van der Waals surface area (Å²) in [6, 6.07) is 7.26. The van der Waals surface area contributed by atoms with Gasteiger partial charge in [-0.05, 0) is 73.0 Å². The molecule has 0 spiro atoms. The van der Waals surface area contributed by atoms with E-state index in [-0.39, 0.29) is 19.4 Å². The van der Waals surface area contributed by atoms with Crippen LogP contribution in [0.2, 0.25) is 0 Å². The number of hydrogen-bond donors (Lipinski definition) is 0. The number of ketones is 1. The van der Waals surface area contributed by atoms with E-state index in [2.05, 4.69) is 10.1 Å². The number of sulfonamides is 1. The number of rotatable bonds is 5. The standard InChI is InChI=1S/C29H19F7N4O3S/c30-19-1-3-20(4-2-19)40-25-10-17-6-8-39(44(42,43)21-11-22(31)26(33)23(32)12-21)15-28(17,13-16(25)14-38-40)27(41)24-9-18(5-7-37-24)29(34,35)36/h1-5,7,9-12,14H,6,8,13,15H2. The topological polar surface area (TPSA) is 85.2 Å². The average Bonchev–Trinajstić information content (AvgIpc) is 3.39. The van der Waals surface area contributed by atoms with Crippen molar-refractivity contribution in [1.29, 1.82) is 0 Å². The first-order chi connectivity index (χ1) is 20.7. The molecule has 4 aromatic rings. The monoisotopic (exact) mass is 636 g/mol. The lowest BCUT2D eigenvalue weighted by Crippen LogP contribution is -2.53. The summed E-state index contributed by atoms with van der Waals surface area (Å²) < 4.78 is 125. The minimum atomic E-state index is -4.80. The Labute approximate surface area is 245 Å². The SMILES string of the molecule is O=C(c1cc(C(F)(F)F)ccn1)C12Cc3cnn(-c4ccc(F)cc4)c3C=C1CCN(S(=O)(=O)c1cc(F)c(F)c(F)c1)C2. The fourth-order valence-electron chi connectivity index (χ4n) is 5.62. The van der Waals surface area contributed by atoms with Crippen LogP contribution in [0.3, 0.4) is 0 Å². The Hall–Kier alpha value is -4.37. The summed E-state index contributed by atoms with van der Waals surface area (Å²) in [4.78, 5) is 17.2. The average molecular weight is 637 g/mol. The van der Waals surface area contributed by atoms with Crippen molar-refractivity contribution in [1.82, 2.24) is 19.1 Å². The number of halogens is 7. The Kier molecular flexibility index (Phi) is 7.00. The smallest absolute Gasteiger partial charge is 0.291 e. The molecule has 0 amide bonds. The lowest BCUT2D eigenvalue weighted by atomic mass is 9.65. The summed E-state index contributed by atoms with van der Waals surface area (Å²) >= 11 is 0. The molecule has 15 heteroatoms. The molecule has 228 valence electrons. The summed E-state index contributed by atoms with van der Waals surface area (Å²) in [7, 11) is -4.73. The zero-order valence-corrected chi connectivity index (χ0v) is 23.1. The summed E-state index contributed by atoms with van der Waals surface area (Å²) in [5, 5.41) is 4.33. The van der Waals surface area contributed by atoms with E-state index in [1.165, 1.54) is 35.1 Å². The second-order valence-electron chi connectivity index (χ2n) is 10.4. The Morgan fingerprint density at radius 3 is 2.30 bits per heavy atom. The van der Waals surface area contributed by atoms with E-state index >= 15 is 0 Å².